The first-order valence-corrected chi connectivity index (χ1v) is 12.0. The van der Waals surface area contributed by atoms with E-state index in [0.717, 1.165) is 12.8 Å². The van der Waals surface area contributed by atoms with Crippen molar-refractivity contribution in [2.45, 2.75) is 43.3 Å². The van der Waals surface area contributed by atoms with Crippen LogP contribution in [-0.4, -0.2) is 68.7 Å². The lowest BCUT2D eigenvalue weighted by atomic mass is 10.0. The molecule has 3 saturated heterocycles. The van der Waals surface area contributed by atoms with Gasteiger partial charge in [-0.2, -0.15) is 4.31 Å². The molecule has 0 aliphatic carbocycles. The highest BCUT2D eigenvalue weighted by molar-refractivity contribution is 7.89. The molecule has 3 aliphatic rings. The fraction of sp³-hybridized carbons (Fsp3) is 0.650. The van der Waals surface area contributed by atoms with Crippen LogP contribution in [0.25, 0.3) is 0 Å². The summed E-state index contributed by atoms with van der Waals surface area (Å²) in [5.74, 6) is -0.447. The second-order valence-electron chi connectivity index (χ2n) is 8.16. The minimum Gasteiger partial charge on any atom is -0.347 e. The van der Waals surface area contributed by atoms with Gasteiger partial charge in [-0.3, -0.25) is 4.79 Å². The molecule has 7 nitrogen and oxygen atoms in total. The third-order valence-corrected chi connectivity index (χ3v) is 8.39. The van der Waals surface area contributed by atoms with Crippen LogP contribution >= 0.6 is 11.6 Å². The molecule has 1 aromatic carbocycles. The van der Waals surface area contributed by atoms with Crippen molar-refractivity contribution in [1.29, 1.82) is 0 Å². The number of halogens is 1. The molecule has 0 saturated carbocycles. The number of likely N-dealkylation sites (tertiary alicyclic amines) is 1. The first-order valence-electron chi connectivity index (χ1n) is 10.2. The standard InChI is InChI=1S/C20H27ClN2O5S/c1-15-3-2-8-23(14-15)29(25,26)18-13-16(4-5-17(18)21)19(24)22-9-6-20(7-10-22)27-11-12-28-20/h4-5,13,15H,2-3,6-12,14H2,1H3/t15-/m0/s1. The molecule has 9 heteroatoms. The fourth-order valence-corrected chi connectivity index (χ4v) is 6.46. The number of piperidine rings is 2. The molecule has 4 rings (SSSR count). The Labute approximate surface area is 176 Å². The molecule has 1 spiro atoms. The van der Waals surface area contributed by atoms with Gasteiger partial charge in [0.2, 0.25) is 10.0 Å². The summed E-state index contributed by atoms with van der Waals surface area (Å²) in [6.07, 6.45) is 3.07. The first kappa shape index (κ1) is 21.1. The van der Waals surface area contributed by atoms with Gasteiger partial charge in [-0.25, -0.2) is 8.42 Å². The van der Waals surface area contributed by atoms with Gasteiger partial charge in [0.25, 0.3) is 5.91 Å². The maximum Gasteiger partial charge on any atom is 0.253 e. The molecule has 3 aliphatic heterocycles. The highest BCUT2D eigenvalue weighted by atomic mass is 35.5. The van der Waals surface area contributed by atoms with Crippen LogP contribution in [0.5, 0.6) is 0 Å². The lowest BCUT2D eigenvalue weighted by Gasteiger charge is -2.37. The summed E-state index contributed by atoms with van der Waals surface area (Å²) in [4.78, 5) is 14.7. The van der Waals surface area contributed by atoms with E-state index in [0.29, 0.717) is 63.7 Å². The third-order valence-electron chi connectivity index (χ3n) is 6.04. The van der Waals surface area contributed by atoms with Crippen molar-refractivity contribution in [3.63, 3.8) is 0 Å². The lowest BCUT2D eigenvalue weighted by Crippen LogP contribution is -2.47. The van der Waals surface area contributed by atoms with Gasteiger partial charge in [0.1, 0.15) is 4.90 Å². The van der Waals surface area contributed by atoms with E-state index in [-0.39, 0.29) is 15.8 Å². The van der Waals surface area contributed by atoms with Gasteiger partial charge in [0, 0.05) is 44.6 Å². The van der Waals surface area contributed by atoms with Gasteiger partial charge >= 0.3 is 0 Å². The largest absolute Gasteiger partial charge is 0.347 e. The van der Waals surface area contributed by atoms with E-state index >= 15 is 0 Å². The van der Waals surface area contributed by atoms with Crippen LogP contribution < -0.4 is 0 Å². The summed E-state index contributed by atoms with van der Waals surface area (Å²) < 4.78 is 39.2. The summed E-state index contributed by atoms with van der Waals surface area (Å²) in [6.45, 7) is 5.19. The van der Waals surface area contributed by atoms with E-state index in [1.165, 1.54) is 16.4 Å². The van der Waals surface area contributed by atoms with Crippen LogP contribution in [0.3, 0.4) is 0 Å². The van der Waals surface area contributed by atoms with E-state index in [1.54, 1.807) is 11.0 Å². The van der Waals surface area contributed by atoms with Crippen LogP contribution in [0.1, 0.15) is 43.0 Å². The van der Waals surface area contributed by atoms with Crippen LogP contribution in [-0.2, 0) is 19.5 Å². The molecule has 3 heterocycles. The normalized spacial score (nSPS) is 25.4. The zero-order chi connectivity index (χ0) is 20.6. The Kier molecular flexibility index (Phi) is 5.92. The monoisotopic (exact) mass is 442 g/mol. The maximum atomic E-state index is 13.2. The Hall–Kier alpha value is -1.19. The minimum absolute atomic E-state index is 0.00931. The number of carbonyl (C=O) groups excluding carboxylic acids is 1. The van der Waals surface area contributed by atoms with Crippen LogP contribution in [0, 0.1) is 5.92 Å². The quantitative estimate of drug-likeness (QED) is 0.719. The molecule has 3 fully saturated rings. The van der Waals surface area contributed by atoms with E-state index in [9.17, 15) is 13.2 Å². The van der Waals surface area contributed by atoms with E-state index < -0.39 is 15.8 Å². The SMILES string of the molecule is C[C@H]1CCCN(S(=O)(=O)c2cc(C(=O)N3CCC4(CC3)OCCO4)ccc2Cl)C1. The smallest absolute Gasteiger partial charge is 0.253 e. The maximum absolute atomic E-state index is 13.2. The molecule has 0 N–H and O–H groups in total. The Morgan fingerprint density at radius 3 is 2.52 bits per heavy atom. The molecule has 160 valence electrons. The highest BCUT2D eigenvalue weighted by Gasteiger charge is 2.41. The fourth-order valence-electron chi connectivity index (χ4n) is 4.36. The molecule has 0 bridgehead atoms. The van der Waals surface area contributed by atoms with E-state index in [4.69, 9.17) is 21.1 Å². The number of carbonyl (C=O) groups is 1. The van der Waals surface area contributed by atoms with Crippen LogP contribution in [0.4, 0.5) is 0 Å². The van der Waals surface area contributed by atoms with Gasteiger partial charge in [-0.15, -0.1) is 0 Å². The third kappa shape index (κ3) is 4.18. The number of ether oxygens (including phenoxy) is 2. The molecule has 1 atom stereocenters. The molecule has 0 unspecified atom stereocenters. The average molecular weight is 443 g/mol. The first-order chi connectivity index (χ1) is 13.8. The van der Waals surface area contributed by atoms with Crippen molar-refractivity contribution in [2.24, 2.45) is 5.92 Å². The summed E-state index contributed by atoms with van der Waals surface area (Å²) in [5, 5.41) is 0.144. The number of hydrogen-bond donors (Lipinski definition) is 0. The van der Waals surface area contributed by atoms with Crippen molar-refractivity contribution in [2.75, 3.05) is 39.4 Å². The molecular weight excluding hydrogens is 416 g/mol. The number of hydrogen-bond acceptors (Lipinski definition) is 5. The lowest BCUT2D eigenvalue weighted by molar-refractivity contribution is -0.181. The van der Waals surface area contributed by atoms with Crippen LogP contribution in [0.15, 0.2) is 23.1 Å². The predicted molar refractivity (Wildman–Crippen MR) is 108 cm³/mol. The zero-order valence-electron chi connectivity index (χ0n) is 16.6. The van der Waals surface area contributed by atoms with Crippen molar-refractivity contribution in [1.82, 2.24) is 9.21 Å². The number of nitrogens with zero attached hydrogens (tertiary/aromatic N) is 2. The van der Waals surface area contributed by atoms with Crippen molar-refractivity contribution in [3.05, 3.63) is 28.8 Å². The predicted octanol–water partition coefficient (Wildman–Crippen LogP) is 2.74. The zero-order valence-corrected chi connectivity index (χ0v) is 18.2. The number of benzene rings is 1. The Bertz CT molecular complexity index is 875. The molecule has 29 heavy (non-hydrogen) atoms. The molecule has 0 aromatic heterocycles. The molecule has 1 amide bonds. The van der Waals surface area contributed by atoms with Gasteiger partial charge in [0.05, 0.1) is 18.2 Å². The Balaban J connectivity index is 1.53. The number of sulfonamides is 1. The second-order valence-corrected chi connectivity index (χ2v) is 10.5. The summed E-state index contributed by atoms with van der Waals surface area (Å²) in [7, 11) is -3.74. The van der Waals surface area contributed by atoms with Gasteiger partial charge < -0.3 is 14.4 Å². The van der Waals surface area contributed by atoms with Gasteiger partial charge in [-0.05, 0) is 37.0 Å². The van der Waals surface area contributed by atoms with E-state index in [1.807, 2.05) is 6.92 Å². The highest BCUT2D eigenvalue weighted by Crippen LogP contribution is 2.33. The summed E-state index contributed by atoms with van der Waals surface area (Å²) in [6, 6.07) is 4.52. The summed E-state index contributed by atoms with van der Waals surface area (Å²) in [5.41, 5.74) is 0.335. The minimum atomic E-state index is -3.74. The van der Waals surface area contributed by atoms with Crippen molar-refractivity contribution >= 4 is 27.5 Å². The Morgan fingerprint density at radius 1 is 1.17 bits per heavy atom. The van der Waals surface area contributed by atoms with Crippen molar-refractivity contribution in [3.8, 4) is 0 Å². The second kappa shape index (κ2) is 8.15. The van der Waals surface area contributed by atoms with Gasteiger partial charge in [0.15, 0.2) is 5.79 Å². The van der Waals surface area contributed by atoms with Crippen molar-refractivity contribution < 1.29 is 22.7 Å². The average Bonchev–Trinajstić information content (AvgIpc) is 3.16. The van der Waals surface area contributed by atoms with E-state index in [2.05, 4.69) is 0 Å². The molecular formula is C20H27ClN2O5S. The van der Waals surface area contributed by atoms with Crippen LogP contribution in [0.2, 0.25) is 5.02 Å². The van der Waals surface area contributed by atoms with Gasteiger partial charge in [-0.1, -0.05) is 18.5 Å². The number of amides is 1. The topological polar surface area (TPSA) is 76.2 Å². The molecule has 1 aromatic rings. The Morgan fingerprint density at radius 2 is 1.86 bits per heavy atom. The summed E-state index contributed by atoms with van der Waals surface area (Å²) >= 11 is 6.24. The molecule has 0 radical (unpaired) electrons. The number of rotatable bonds is 3.